The third-order valence-corrected chi connectivity index (χ3v) is 5.78. The summed E-state index contributed by atoms with van der Waals surface area (Å²) in [6, 6.07) is 2.49. The first-order chi connectivity index (χ1) is 17.5. The molecule has 2 aromatic rings. The summed E-state index contributed by atoms with van der Waals surface area (Å²) in [4.78, 5) is 59.7. The number of hydrogen-bond donors (Lipinski definition) is 7. The van der Waals surface area contributed by atoms with E-state index >= 15 is 0 Å². The van der Waals surface area contributed by atoms with Gasteiger partial charge in [0.2, 0.25) is 17.7 Å². The van der Waals surface area contributed by atoms with Gasteiger partial charge in [-0.25, -0.2) is 4.98 Å². The molecule has 0 saturated heterocycles. The minimum atomic E-state index is -1.33. The van der Waals surface area contributed by atoms with Gasteiger partial charge in [-0.1, -0.05) is 26.0 Å². The predicted octanol–water partition coefficient (Wildman–Crippen LogP) is -0.640. The highest BCUT2D eigenvalue weighted by Gasteiger charge is 2.39. The van der Waals surface area contributed by atoms with E-state index in [-0.39, 0.29) is 36.2 Å². The van der Waals surface area contributed by atoms with Crippen molar-refractivity contribution in [2.24, 2.45) is 23.1 Å². The van der Waals surface area contributed by atoms with E-state index in [2.05, 4.69) is 15.3 Å². The third kappa shape index (κ3) is 8.02. The maximum Gasteiger partial charge on any atom is 0.297 e. The molecule has 0 unspecified atom stereocenters. The first kappa shape index (κ1) is 29.3. The highest BCUT2D eigenvalue weighted by atomic mass is 16.3. The lowest BCUT2D eigenvalue weighted by Crippen LogP contribution is -2.59. The first-order valence-electron chi connectivity index (χ1n) is 12.0. The number of carbonyl (C=O) groups excluding carboxylic acids is 4. The number of phenols is 1. The van der Waals surface area contributed by atoms with Crippen LogP contribution in [0, 0.1) is 5.92 Å². The molecule has 0 spiro atoms. The molecule has 2 rings (SSSR count). The van der Waals surface area contributed by atoms with Gasteiger partial charge in [0.25, 0.3) is 5.91 Å². The molecule has 11 N–H and O–H groups in total. The molecule has 13 heteroatoms. The van der Waals surface area contributed by atoms with Crippen molar-refractivity contribution in [2.45, 2.75) is 57.7 Å². The standard InChI is InChI=1S/C24H36N8O5/c1-13(2)19(20(28)34)31-22(35)17(5-3-4-10-25)32(24(37)21-29-12-18(27)30-21)23(36)16(26)11-14-6-8-15(33)9-7-14/h6-9,12-13,16-17,19,33H,3-5,10-11,25-27H2,1-2H3,(H2,28,34)(H,29,30)(H,31,35)/t16-,17-,19-/m0/s1. The molecular formula is C24H36N8O5. The summed E-state index contributed by atoms with van der Waals surface area (Å²) in [6.07, 6.45) is 2.22. The van der Waals surface area contributed by atoms with Crippen LogP contribution in [0.3, 0.4) is 0 Å². The number of nitrogens with one attached hydrogen (secondary N) is 2. The van der Waals surface area contributed by atoms with E-state index in [0.717, 1.165) is 4.90 Å². The molecule has 0 aliphatic heterocycles. The third-order valence-electron chi connectivity index (χ3n) is 5.78. The maximum absolute atomic E-state index is 13.6. The van der Waals surface area contributed by atoms with Crippen molar-refractivity contribution < 1.29 is 24.3 Å². The lowest BCUT2D eigenvalue weighted by atomic mass is 10.00. The zero-order valence-electron chi connectivity index (χ0n) is 21.0. The Hall–Kier alpha value is -3.97. The highest BCUT2D eigenvalue weighted by Crippen LogP contribution is 2.18. The second kappa shape index (κ2) is 13.4. The van der Waals surface area contributed by atoms with E-state index in [9.17, 15) is 24.3 Å². The van der Waals surface area contributed by atoms with Crippen LogP contribution >= 0.6 is 0 Å². The summed E-state index contributed by atoms with van der Waals surface area (Å²) in [5, 5.41) is 12.1. The minimum Gasteiger partial charge on any atom is -0.508 e. The Balaban J connectivity index is 2.47. The number of H-pyrrole nitrogens is 1. The molecule has 13 nitrogen and oxygen atoms in total. The van der Waals surface area contributed by atoms with Crippen LogP contribution in [0.25, 0.3) is 0 Å². The number of primary amides is 1. The minimum absolute atomic E-state index is 0.0240. The van der Waals surface area contributed by atoms with Crippen molar-refractivity contribution in [2.75, 3.05) is 12.3 Å². The first-order valence-corrected chi connectivity index (χ1v) is 12.0. The fraction of sp³-hybridized carbons (Fsp3) is 0.458. The van der Waals surface area contributed by atoms with E-state index in [1.54, 1.807) is 26.0 Å². The SMILES string of the molecule is CC(C)[C@H](NC(=O)[C@H](CCCCN)N(C(=O)c1ncc(N)[nH]1)C(=O)[C@@H](N)Cc1ccc(O)cc1)C(N)=O. The number of nitrogens with two attached hydrogens (primary N) is 4. The summed E-state index contributed by atoms with van der Waals surface area (Å²) in [7, 11) is 0. The van der Waals surface area contributed by atoms with Crippen LogP contribution < -0.4 is 28.3 Å². The predicted molar refractivity (Wildman–Crippen MR) is 137 cm³/mol. The van der Waals surface area contributed by atoms with Crippen LogP contribution in [-0.4, -0.2) is 68.3 Å². The summed E-state index contributed by atoms with van der Waals surface area (Å²) >= 11 is 0. The smallest absolute Gasteiger partial charge is 0.297 e. The number of benzene rings is 1. The zero-order valence-corrected chi connectivity index (χ0v) is 21.0. The maximum atomic E-state index is 13.6. The number of unbranched alkanes of at least 4 members (excludes halogenated alkanes) is 1. The van der Waals surface area contributed by atoms with Crippen LogP contribution in [0.4, 0.5) is 5.82 Å². The Kier molecular flexibility index (Phi) is 10.6. The summed E-state index contributed by atoms with van der Waals surface area (Å²) in [5.74, 6) is -3.70. The molecule has 37 heavy (non-hydrogen) atoms. The van der Waals surface area contributed by atoms with Gasteiger partial charge in [-0.15, -0.1) is 0 Å². The Labute approximate surface area is 215 Å². The van der Waals surface area contributed by atoms with Crippen molar-refractivity contribution in [3.05, 3.63) is 41.9 Å². The fourth-order valence-corrected chi connectivity index (χ4v) is 3.78. The molecular weight excluding hydrogens is 480 g/mol. The number of aromatic hydroxyl groups is 1. The summed E-state index contributed by atoms with van der Waals surface area (Å²) < 4.78 is 0. The summed E-state index contributed by atoms with van der Waals surface area (Å²) in [5.41, 5.74) is 23.6. The van der Waals surface area contributed by atoms with Gasteiger partial charge in [0, 0.05) is 0 Å². The van der Waals surface area contributed by atoms with Gasteiger partial charge in [0.15, 0.2) is 5.82 Å². The number of aromatic nitrogens is 2. The van der Waals surface area contributed by atoms with E-state index in [0.29, 0.717) is 24.9 Å². The zero-order chi connectivity index (χ0) is 27.7. The van der Waals surface area contributed by atoms with E-state index in [1.165, 1.54) is 18.3 Å². The van der Waals surface area contributed by atoms with Crippen molar-refractivity contribution in [3.63, 3.8) is 0 Å². The van der Waals surface area contributed by atoms with Gasteiger partial charge < -0.3 is 38.3 Å². The second-order valence-corrected chi connectivity index (χ2v) is 9.11. The van der Waals surface area contributed by atoms with Crippen LogP contribution in [0.15, 0.2) is 30.5 Å². The number of imidazole rings is 1. The molecule has 3 atom stereocenters. The van der Waals surface area contributed by atoms with Crippen molar-refractivity contribution in [1.82, 2.24) is 20.2 Å². The largest absolute Gasteiger partial charge is 0.508 e. The molecule has 0 aliphatic rings. The van der Waals surface area contributed by atoms with Gasteiger partial charge >= 0.3 is 0 Å². The molecule has 0 radical (unpaired) electrons. The lowest BCUT2D eigenvalue weighted by Gasteiger charge is -2.32. The number of phenolic OH excluding ortho intramolecular Hbond substituents is 1. The fourth-order valence-electron chi connectivity index (χ4n) is 3.78. The Morgan fingerprint density at radius 1 is 1.14 bits per heavy atom. The van der Waals surface area contributed by atoms with Crippen molar-refractivity contribution in [1.29, 1.82) is 0 Å². The van der Waals surface area contributed by atoms with Crippen LogP contribution in [0.2, 0.25) is 0 Å². The number of aromatic amines is 1. The number of rotatable bonds is 13. The monoisotopic (exact) mass is 516 g/mol. The van der Waals surface area contributed by atoms with E-state index in [4.69, 9.17) is 22.9 Å². The molecule has 1 aromatic carbocycles. The number of nitrogens with zero attached hydrogens (tertiary/aromatic N) is 2. The second-order valence-electron chi connectivity index (χ2n) is 9.11. The summed E-state index contributed by atoms with van der Waals surface area (Å²) in [6.45, 7) is 3.74. The normalized spacial score (nSPS) is 13.5. The average Bonchev–Trinajstić information content (AvgIpc) is 3.28. The lowest BCUT2D eigenvalue weighted by molar-refractivity contribution is -0.140. The van der Waals surface area contributed by atoms with Gasteiger partial charge in [-0.05, 0) is 55.8 Å². The van der Waals surface area contributed by atoms with Crippen molar-refractivity contribution >= 4 is 29.4 Å². The van der Waals surface area contributed by atoms with Gasteiger partial charge in [-0.3, -0.25) is 24.1 Å². The number of hydrogen-bond acceptors (Lipinski definition) is 9. The topological polar surface area (TPSA) is 237 Å². The molecule has 0 fully saturated rings. The molecule has 0 aliphatic carbocycles. The molecule has 4 amide bonds. The van der Waals surface area contributed by atoms with Gasteiger partial charge in [0.1, 0.15) is 23.7 Å². The quantitative estimate of drug-likeness (QED) is 0.167. The molecule has 1 aromatic heterocycles. The highest BCUT2D eigenvalue weighted by molar-refractivity contribution is 6.08. The van der Waals surface area contributed by atoms with Crippen LogP contribution in [0.1, 0.15) is 49.3 Å². The molecule has 0 bridgehead atoms. The number of imide groups is 1. The van der Waals surface area contributed by atoms with Crippen LogP contribution in [-0.2, 0) is 20.8 Å². The van der Waals surface area contributed by atoms with E-state index < -0.39 is 41.8 Å². The average molecular weight is 517 g/mol. The molecule has 1 heterocycles. The molecule has 0 saturated carbocycles. The van der Waals surface area contributed by atoms with Gasteiger partial charge in [-0.2, -0.15) is 0 Å². The number of anilines is 1. The molecule has 202 valence electrons. The number of nitrogen functional groups attached to an aromatic ring is 1. The van der Waals surface area contributed by atoms with Gasteiger partial charge in [0.05, 0.1) is 12.2 Å². The number of amides is 4. The Morgan fingerprint density at radius 3 is 2.30 bits per heavy atom. The Morgan fingerprint density at radius 2 is 1.78 bits per heavy atom. The van der Waals surface area contributed by atoms with Crippen molar-refractivity contribution in [3.8, 4) is 5.75 Å². The van der Waals surface area contributed by atoms with Crippen LogP contribution in [0.5, 0.6) is 5.75 Å². The van der Waals surface area contributed by atoms with E-state index in [1.807, 2.05) is 0 Å². The number of carbonyl (C=O) groups is 4. The Bertz CT molecular complexity index is 1090.